The topological polar surface area (TPSA) is 63.4 Å². The van der Waals surface area contributed by atoms with E-state index in [0.717, 1.165) is 16.7 Å². The molecule has 2 rings (SSSR count). The van der Waals surface area contributed by atoms with Crippen molar-refractivity contribution in [3.63, 3.8) is 0 Å². The first-order valence-electron chi connectivity index (χ1n) is 6.04. The summed E-state index contributed by atoms with van der Waals surface area (Å²) in [6.07, 6.45) is -0.150. The van der Waals surface area contributed by atoms with Gasteiger partial charge in [-0.2, -0.15) is 0 Å². The van der Waals surface area contributed by atoms with Gasteiger partial charge in [-0.3, -0.25) is 10.1 Å². The minimum absolute atomic E-state index is 0.0637. The first-order valence-corrected chi connectivity index (χ1v) is 6.04. The van der Waals surface area contributed by atoms with Crippen LogP contribution in [0.15, 0.2) is 48.5 Å². The number of hydrogen-bond acceptors (Lipinski definition) is 3. The maximum absolute atomic E-state index is 10.5. The number of benzene rings is 2. The largest absolute Gasteiger partial charge is 0.388 e. The SMILES string of the molecule is Cc1cccc(C(O)Cc2ccc([N+](=O)[O-])cc2)c1. The maximum Gasteiger partial charge on any atom is 0.269 e. The fourth-order valence-electron chi connectivity index (χ4n) is 1.97. The fraction of sp³-hybridized carbons (Fsp3) is 0.200. The molecule has 0 radical (unpaired) electrons. The van der Waals surface area contributed by atoms with Crippen LogP contribution in [0.2, 0.25) is 0 Å². The number of nitrogens with zero attached hydrogens (tertiary/aromatic N) is 1. The zero-order valence-corrected chi connectivity index (χ0v) is 10.6. The van der Waals surface area contributed by atoms with Crippen LogP contribution < -0.4 is 0 Å². The van der Waals surface area contributed by atoms with Crippen LogP contribution in [0.25, 0.3) is 0 Å². The second-order valence-corrected chi connectivity index (χ2v) is 4.56. The lowest BCUT2D eigenvalue weighted by molar-refractivity contribution is -0.384. The summed E-state index contributed by atoms with van der Waals surface area (Å²) in [6, 6.07) is 14.0. The van der Waals surface area contributed by atoms with E-state index in [2.05, 4.69) is 0 Å². The van der Waals surface area contributed by atoms with Gasteiger partial charge in [0.1, 0.15) is 0 Å². The van der Waals surface area contributed by atoms with Crippen molar-refractivity contribution < 1.29 is 10.0 Å². The summed E-state index contributed by atoms with van der Waals surface area (Å²) in [7, 11) is 0. The van der Waals surface area contributed by atoms with Crippen molar-refractivity contribution in [1.29, 1.82) is 0 Å². The summed E-state index contributed by atoms with van der Waals surface area (Å²) in [5.41, 5.74) is 2.90. The smallest absolute Gasteiger partial charge is 0.269 e. The van der Waals surface area contributed by atoms with E-state index in [4.69, 9.17) is 0 Å². The number of aliphatic hydroxyl groups is 1. The Morgan fingerprint density at radius 3 is 2.47 bits per heavy atom. The van der Waals surface area contributed by atoms with Gasteiger partial charge in [0, 0.05) is 18.6 Å². The summed E-state index contributed by atoms with van der Waals surface area (Å²) in [6.45, 7) is 1.97. The van der Waals surface area contributed by atoms with Crippen LogP contribution in [0, 0.1) is 17.0 Å². The van der Waals surface area contributed by atoms with Crippen molar-refractivity contribution >= 4 is 5.69 Å². The second-order valence-electron chi connectivity index (χ2n) is 4.56. The molecule has 1 unspecified atom stereocenters. The highest BCUT2D eigenvalue weighted by Crippen LogP contribution is 2.20. The minimum Gasteiger partial charge on any atom is -0.388 e. The Balaban J connectivity index is 2.10. The molecule has 1 N–H and O–H groups in total. The van der Waals surface area contributed by atoms with Crippen molar-refractivity contribution in [2.75, 3.05) is 0 Å². The van der Waals surface area contributed by atoms with E-state index < -0.39 is 11.0 Å². The summed E-state index contributed by atoms with van der Waals surface area (Å²) >= 11 is 0. The third-order valence-electron chi connectivity index (χ3n) is 3.00. The van der Waals surface area contributed by atoms with Gasteiger partial charge < -0.3 is 5.11 Å². The fourth-order valence-corrected chi connectivity index (χ4v) is 1.97. The number of rotatable bonds is 4. The average Bonchev–Trinajstić information content (AvgIpc) is 2.39. The molecule has 0 aliphatic carbocycles. The average molecular weight is 257 g/mol. The van der Waals surface area contributed by atoms with E-state index in [1.165, 1.54) is 12.1 Å². The Morgan fingerprint density at radius 1 is 1.21 bits per heavy atom. The highest BCUT2D eigenvalue weighted by Gasteiger charge is 2.10. The highest BCUT2D eigenvalue weighted by molar-refractivity contribution is 5.34. The van der Waals surface area contributed by atoms with Gasteiger partial charge in [0.15, 0.2) is 0 Å². The van der Waals surface area contributed by atoms with E-state index in [-0.39, 0.29) is 5.69 Å². The van der Waals surface area contributed by atoms with Crippen molar-refractivity contribution in [2.24, 2.45) is 0 Å². The Labute approximate surface area is 111 Å². The summed E-state index contributed by atoms with van der Waals surface area (Å²) in [5, 5.41) is 20.7. The number of aryl methyl sites for hydroxylation is 1. The highest BCUT2D eigenvalue weighted by atomic mass is 16.6. The molecule has 0 aliphatic heterocycles. The van der Waals surface area contributed by atoms with Crippen molar-refractivity contribution in [1.82, 2.24) is 0 Å². The first kappa shape index (κ1) is 13.2. The molecule has 2 aromatic carbocycles. The molecule has 0 aliphatic rings. The molecular formula is C15H15NO3. The summed E-state index contributed by atoms with van der Waals surface area (Å²) in [5.74, 6) is 0. The lowest BCUT2D eigenvalue weighted by Gasteiger charge is -2.11. The number of nitro groups is 1. The van der Waals surface area contributed by atoms with Gasteiger partial charge in [0.25, 0.3) is 5.69 Å². The van der Waals surface area contributed by atoms with Crippen LogP contribution in [0.3, 0.4) is 0 Å². The molecule has 2 aromatic rings. The zero-order chi connectivity index (χ0) is 13.8. The van der Waals surface area contributed by atoms with Crippen molar-refractivity contribution in [3.8, 4) is 0 Å². The molecule has 0 aromatic heterocycles. The number of non-ortho nitro benzene ring substituents is 1. The lowest BCUT2D eigenvalue weighted by atomic mass is 10.00. The molecule has 0 bridgehead atoms. The van der Waals surface area contributed by atoms with E-state index >= 15 is 0 Å². The maximum atomic E-state index is 10.5. The van der Waals surface area contributed by atoms with E-state index in [0.29, 0.717) is 6.42 Å². The molecule has 1 atom stereocenters. The Morgan fingerprint density at radius 2 is 1.89 bits per heavy atom. The predicted octanol–water partition coefficient (Wildman–Crippen LogP) is 3.18. The van der Waals surface area contributed by atoms with E-state index in [1.54, 1.807) is 12.1 Å². The third kappa shape index (κ3) is 3.39. The number of aliphatic hydroxyl groups excluding tert-OH is 1. The molecular weight excluding hydrogens is 242 g/mol. The normalized spacial score (nSPS) is 12.1. The monoisotopic (exact) mass is 257 g/mol. The standard InChI is InChI=1S/C15H15NO3/c1-11-3-2-4-13(9-11)15(17)10-12-5-7-14(8-6-12)16(18)19/h2-9,15,17H,10H2,1H3. The molecule has 0 saturated carbocycles. The number of nitro benzene ring substituents is 1. The second kappa shape index (κ2) is 5.63. The van der Waals surface area contributed by atoms with Crippen LogP contribution in [0.1, 0.15) is 22.8 Å². The van der Waals surface area contributed by atoms with Crippen LogP contribution in [-0.2, 0) is 6.42 Å². The molecule has 98 valence electrons. The van der Waals surface area contributed by atoms with E-state index in [1.807, 2.05) is 31.2 Å². The Kier molecular flexibility index (Phi) is 3.92. The Hall–Kier alpha value is -2.20. The van der Waals surface area contributed by atoms with Crippen LogP contribution in [0.5, 0.6) is 0 Å². The molecule has 0 spiro atoms. The zero-order valence-electron chi connectivity index (χ0n) is 10.6. The van der Waals surface area contributed by atoms with Gasteiger partial charge in [-0.05, 0) is 18.1 Å². The Bertz CT molecular complexity index is 578. The van der Waals surface area contributed by atoms with Crippen LogP contribution in [0.4, 0.5) is 5.69 Å². The molecule has 0 amide bonds. The van der Waals surface area contributed by atoms with Crippen molar-refractivity contribution in [2.45, 2.75) is 19.4 Å². The van der Waals surface area contributed by atoms with E-state index in [9.17, 15) is 15.2 Å². The van der Waals surface area contributed by atoms with Crippen LogP contribution in [-0.4, -0.2) is 10.0 Å². The predicted molar refractivity (Wildman–Crippen MR) is 72.9 cm³/mol. The van der Waals surface area contributed by atoms with Gasteiger partial charge in [-0.15, -0.1) is 0 Å². The van der Waals surface area contributed by atoms with Crippen molar-refractivity contribution in [3.05, 3.63) is 75.3 Å². The number of hydrogen-bond donors (Lipinski definition) is 1. The lowest BCUT2D eigenvalue weighted by Crippen LogP contribution is -2.02. The summed E-state index contributed by atoms with van der Waals surface area (Å²) < 4.78 is 0. The van der Waals surface area contributed by atoms with Gasteiger partial charge in [-0.25, -0.2) is 0 Å². The molecule has 0 fully saturated rings. The van der Waals surface area contributed by atoms with Gasteiger partial charge in [0.2, 0.25) is 0 Å². The minimum atomic E-state index is -0.596. The molecule has 4 nitrogen and oxygen atoms in total. The molecule has 0 heterocycles. The third-order valence-corrected chi connectivity index (χ3v) is 3.00. The van der Waals surface area contributed by atoms with Gasteiger partial charge >= 0.3 is 0 Å². The van der Waals surface area contributed by atoms with Gasteiger partial charge in [-0.1, -0.05) is 42.0 Å². The molecule has 0 saturated heterocycles. The first-order chi connectivity index (χ1) is 9.06. The van der Waals surface area contributed by atoms with Gasteiger partial charge in [0.05, 0.1) is 11.0 Å². The molecule has 19 heavy (non-hydrogen) atoms. The quantitative estimate of drug-likeness (QED) is 0.675. The van der Waals surface area contributed by atoms with Crippen LogP contribution >= 0.6 is 0 Å². The summed E-state index contributed by atoms with van der Waals surface area (Å²) in [4.78, 5) is 10.1. The molecule has 4 heteroatoms.